The monoisotopic (exact) mass is 982 g/mol. The van der Waals surface area contributed by atoms with Gasteiger partial charge in [-0.05, 0) is 12.8 Å². The van der Waals surface area contributed by atoms with Crippen LogP contribution in [-0.2, 0) is 33.2 Å². The molecular formula is C49H91NO18. The molecule has 0 radical (unpaired) electrons. The fourth-order valence-electron chi connectivity index (χ4n) is 9.11. The zero-order chi connectivity index (χ0) is 49.8. The summed E-state index contributed by atoms with van der Waals surface area (Å²) in [6.07, 6.45) is 6.37. The zero-order valence-corrected chi connectivity index (χ0v) is 40.8. The number of allylic oxidation sites excluding steroid dienone is 1. The van der Waals surface area contributed by atoms with E-state index in [9.17, 15) is 61.0 Å². The Balaban J connectivity index is 1.33. The summed E-state index contributed by atoms with van der Waals surface area (Å²) in [7, 11) is 0. The fourth-order valence-corrected chi connectivity index (χ4v) is 9.11. The highest BCUT2D eigenvalue weighted by Crippen LogP contribution is 2.33. The van der Waals surface area contributed by atoms with Crippen LogP contribution in [0.15, 0.2) is 12.2 Å². The third-order valence-corrected chi connectivity index (χ3v) is 13.4. The summed E-state index contributed by atoms with van der Waals surface area (Å²) in [5, 5.41) is 118. The largest absolute Gasteiger partial charge is 0.394 e. The van der Waals surface area contributed by atoms with Crippen molar-refractivity contribution in [2.24, 2.45) is 0 Å². The van der Waals surface area contributed by atoms with Gasteiger partial charge in [0.25, 0.3) is 0 Å². The van der Waals surface area contributed by atoms with Gasteiger partial charge in [-0.1, -0.05) is 154 Å². The molecule has 400 valence electrons. The molecule has 1 amide bonds. The van der Waals surface area contributed by atoms with Gasteiger partial charge in [0.15, 0.2) is 18.9 Å². The van der Waals surface area contributed by atoms with E-state index in [-0.39, 0.29) is 6.61 Å². The molecule has 12 N–H and O–H groups in total. The molecule has 0 spiro atoms. The van der Waals surface area contributed by atoms with Gasteiger partial charge in [0.05, 0.1) is 38.6 Å². The SMILES string of the molecule is CCCCCCCCCCCCCCCCCCCCCCCC/C=C/C(O)C(COC1OC(CO)C(OC2OC(CO)C(OC3OC(CO)C(O)C(O)C3O)C(O)C2O)C(O)C1O)NC(C)=O. The van der Waals surface area contributed by atoms with Gasteiger partial charge in [-0.3, -0.25) is 4.79 Å². The molecular weight excluding hydrogens is 891 g/mol. The van der Waals surface area contributed by atoms with Gasteiger partial charge in [-0.15, -0.1) is 0 Å². The van der Waals surface area contributed by atoms with E-state index in [4.69, 9.17) is 28.4 Å². The molecule has 3 rings (SSSR count). The van der Waals surface area contributed by atoms with Crippen molar-refractivity contribution in [3.63, 3.8) is 0 Å². The molecule has 3 aliphatic rings. The lowest BCUT2D eigenvalue weighted by atomic mass is 9.96. The van der Waals surface area contributed by atoms with Crippen molar-refractivity contribution in [1.82, 2.24) is 5.32 Å². The van der Waals surface area contributed by atoms with E-state index >= 15 is 0 Å². The maximum atomic E-state index is 12.0. The topological polar surface area (TPSA) is 307 Å². The summed E-state index contributed by atoms with van der Waals surface area (Å²) in [6.45, 7) is 0.756. The van der Waals surface area contributed by atoms with Crippen molar-refractivity contribution in [3.8, 4) is 0 Å². The average Bonchev–Trinajstić information content (AvgIpc) is 3.33. The molecule has 17 unspecified atom stereocenters. The minimum Gasteiger partial charge on any atom is -0.394 e. The fraction of sp³-hybridized carbons (Fsp3) is 0.939. The van der Waals surface area contributed by atoms with Crippen LogP contribution in [0.25, 0.3) is 0 Å². The number of nitrogens with one attached hydrogen (secondary N) is 1. The first-order chi connectivity index (χ1) is 32.8. The van der Waals surface area contributed by atoms with Crippen LogP contribution in [-0.4, -0.2) is 193 Å². The van der Waals surface area contributed by atoms with Gasteiger partial charge < -0.3 is 89.9 Å². The van der Waals surface area contributed by atoms with Gasteiger partial charge in [0.1, 0.15) is 73.2 Å². The highest BCUT2D eigenvalue weighted by atomic mass is 16.8. The van der Waals surface area contributed by atoms with Gasteiger partial charge in [0, 0.05) is 6.92 Å². The van der Waals surface area contributed by atoms with Crippen LogP contribution in [0.5, 0.6) is 0 Å². The third-order valence-electron chi connectivity index (χ3n) is 13.4. The van der Waals surface area contributed by atoms with Crippen molar-refractivity contribution < 1.29 is 89.4 Å². The molecule has 3 fully saturated rings. The van der Waals surface area contributed by atoms with Crippen LogP contribution in [0.4, 0.5) is 0 Å². The molecule has 19 heteroatoms. The van der Waals surface area contributed by atoms with E-state index in [1.165, 1.54) is 129 Å². The Morgan fingerprint density at radius 3 is 1.29 bits per heavy atom. The Hall–Kier alpha value is -1.47. The summed E-state index contributed by atoms with van der Waals surface area (Å²) in [5.41, 5.74) is 0. The number of ether oxygens (including phenoxy) is 6. The van der Waals surface area contributed by atoms with Crippen LogP contribution in [0.3, 0.4) is 0 Å². The van der Waals surface area contributed by atoms with E-state index in [2.05, 4.69) is 12.2 Å². The van der Waals surface area contributed by atoms with Crippen molar-refractivity contribution >= 4 is 5.91 Å². The van der Waals surface area contributed by atoms with E-state index < -0.39 is 130 Å². The molecule has 17 atom stereocenters. The van der Waals surface area contributed by atoms with Crippen LogP contribution >= 0.6 is 0 Å². The molecule has 3 heterocycles. The Bertz CT molecular complexity index is 1310. The number of aliphatic hydroxyl groups is 11. The zero-order valence-electron chi connectivity index (χ0n) is 40.8. The molecule has 3 aliphatic heterocycles. The lowest BCUT2D eigenvalue weighted by molar-refractivity contribution is -0.379. The first-order valence-electron chi connectivity index (χ1n) is 25.9. The number of hydrogen-bond acceptors (Lipinski definition) is 18. The van der Waals surface area contributed by atoms with Crippen molar-refractivity contribution in [2.45, 2.75) is 266 Å². The molecule has 0 aromatic heterocycles. The minimum absolute atomic E-state index is 0.368. The third kappa shape index (κ3) is 20.9. The number of rotatable bonds is 36. The van der Waals surface area contributed by atoms with Gasteiger partial charge in [-0.25, -0.2) is 0 Å². The average molecular weight is 982 g/mol. The second-order valence-corrected chi connectivity index (χ2v) is 19.1. The number of unbranched alkanes of at least 4 members (excludes halogenated alkanes) is 22. The maximum Gasteiger partial charge on any atom is 0.217 e. The van der Waals surface area contributed by atoms with Crippen LogP contribution in [0, 0.1) is 0 Å². The molecule has 0 bridgehead atoms. The number of hydrogen-bond donors (Lipinski definition) is 12. The van der Waals surface area contributed by atoms with Gasteiger partial charge in [-0.2, -0.15) is 0 Å². The smallest absolute Gasteiger partial charge is 0.217 e. The Labute approximate surface area is 404 Å². The van der Waals surface area contributed by atoms with E-state index in [1.807, 2.05) is 6.08 Å². The number of amides is 1. The number of carbonyl (C=O) groups is 1. The highest BCUT2D eigenvalue weighted by molar-refractivity contribution is 5.73. The molecule has 0 saturated carbocycles. The predicted molar refractivity (Wildman–Crippen MR) is 250 cm³/mol. The van der Waals surface area contributed by atoms with Gasteiger partial charge in [0.2, 0.25) is 5.91 Å². The predicted octanol–water partition coefficient (Wildman–Crippen LogP) is 1.87. The van der Waals surface area contributed by atoms with Crippen LogP contribution in [0.1, 0.15) is 162 Å². The maximum absolute atomic E-state index is 12.0. The highest BCUT2D eigenvalue weighted by Gasteiger charge is 2.53. The number of aliphatic hydroxyl groups excluding tert-OH is 11. The summed E-state index contributed by atoms with van der Waals surface area (Å²) in [4.78, 5) is 12.0. The minimum atomic E-state index is -1.97. The number of carbonyl (C=O) groups excluding carboxylic acids is 1. The summed E-state index contributed by atoms with van der Waals surface area (Å²) in [6, 6.07) is -0.969. The first kappa shape index (κ1) is 60.8. The summed E-state index contributed by atoms with van der Waals surface area (Å²) in [5.74, 6) is -0.451. The van der Waals surface area contributed by atoms with Crippen LogP contribution in [0.2, 0.25) is 0 Å². The molecule has 3 saturated heterocycles. The second kappa shape index (κ2) is 34.8. The van der Waals surface area contributed by atoms with E-state index in [0.717, 1.165) is 25.7 Å². The first-order valence-corrected chi connectivity index (χ1v) is 25.9. The Morgan fingerprint density at radius 1 is 0.515 bits per heavy atom. The molecule has 68 heavy (non-hydrogen) atoms. The molecule has 0 aromatic carbocycles. The van der Waals surface area contributed by atoms with E-state index in [0.29, 0.717) is 0 Å². The Morgan fingerprint density at radius 2 is 0.882 bits per heavy atom. The standard InChI is InChI=1S/C49H91NO18/c1-3-4-5-6-7-8-9-10-11-12-13-14-15-16-17-18-19-20-21-22-23-24-25-26-27-34(55)33(50-32(2)54)31-63-47-43(61)40(58)45(36(29-52)65-47)68-49-44(62)41(59)46(37(30-53)66-49)67-48-42(60)39(57)38(56)35(28-51)64-48/h26-27,33-49,51-53,55-62H,3-25,28-31H2,1-2H3,(H,50,54)/b27-26+. The van der Waals surface area contributed by atoms with Crippen molar-refractivity contribution in [3.05, 3.63) is 12.2 Å². The molecule has 0 aromatic rings. The molecule has 19 nitrogen and oxygen atoms in total. The lowest BCUT2D eigenvalue weighted by Crippen LogP contribution is -2.66. The molecule has 0 aliphatic carbocycles. The van der Waals surface area contributed by atoms with Gasteiger partial charge >= 0.3 is 0 Å². The quantitative estimate of drug-likeness (QED) is 0.0315. The Kier molecular flexibility index (Phi) is 31.1. The summed E-state index contributed by atoms with van der Waals surface area (Å²) < 4.78 is 33.6. The van der Waals surface area contributed by atoms with Crippen LogP contribution < -0.4 is 5.32 Å². The van der Waals surface area contributed by atoms with E-state index in [1.54, 1.807) is 6.08 Å². The second-order valence-electron chi connectivity index (χ2n) is 19.1. The van der Waals surface area contributed by atoms with Crippen molar-refractivity contribution in [1.29, 1.82) is 0 Å². The van der Waals surface area contributed by atoms with Crippen molar-refractivity contribution in [2.75, 3.05) is 26.4 Å². The normalized spacial score (nSPS) is 33.2. The lowest BCUT2D eigenvalue weighted by Gasteiger charge is -2.48. The summed E-state index contributed by atoms with van der Waals surface area (Å²) >= 11 is 0.